The summed E-state index contributed by atoms with van der Waals surface area (Å²) in [5.41, 5.74) is 3.49. The number of aryl methyl sites for hydroxylation is 2. The van der Waals surface area contributed by atoms with Crippen molar-refractivity contribution in [3.05, 3.63) is 69.9 Å². The van der Waals surface area contributed by atoms with Crippen LogP contribution in [0.3, 0.4) is 0 Å². The quantitative estimate of drug-likeness (QED) is 0.718. The van der Waals surface area contributed by atoms with Gasteiger partial charge in [0.05, 0.1) is 22.1 Å². The topological polar surface area (TPSA) is 71.3 Å². The predicted molar refractivity (Wildman–Crippen MR) is 102 cm³/mol. The van der Waals surface area contributed by atoms with E-state index in [1.54, 1.807) is 18.2 Å². The second-order valence-corrected chi connectivity index (χ2v) is 6.80. The molecule has 0 spiro atoms. The van der Waals surface area contributed by atoms with Gasteiger partial charge in [-0.1, -0.05) is 23.7 Å². The molecule has 2 N–H and O–H groups in total. The molecule has 0 unspecified atom stereocenters. The Hall–Kier alpha value is -2.79. The maximum atomic E-state index is 12.7. The number of nitrogens with zero attached hydrogens (tertiary/aromatic N) is 1. The molecule has 3 aromatic rings. The smallest absolute Gasteiger partial charge is 0.335 e. The Balaban J connectivity index is 1.85. The summed E-state index contributed by atoms with van der Waals surface area (Å²) in [4.78, 5) is 23.7. The first-order chi connectivity index (χ1) is 12.3. The average molecular weight is 371 g/mol. The molecule has 0 aliphatic rings. The van der Waals surface area contributed by atoms with Crippen molar-refractivity contribution in [1.82, 2.24) is 9.88 Å². The zero-order chi connectivity index (χ0) is 19.0. The van der Waals surface area contributed by atoms with Crippen molar-refractivity contribution in [2.45, 2.75) is 19.9 Å². The van der Waals surface area contributed by atoms with Crippen LogP contribution in [0.4, 0.5) is 0 Å². The van der Waals surface area contributed by atoms with Crippen molar-refractivity contribution in [2.75, 3.05) is 0 Å². The highest BCUT2D eigenvalue weighted by atomic mass is 35.5. The lowest BCUT2D eigenvalue weighted by atomic mass is 10.1. The lowest BCUT2D eigenvalue weighted by Crippen LogP contribution is -2.28. The highest BCUT2D eigenvalue weighted by molar-refractivity contribution is 6.35. The SMILES string of the molecule is Cc1cc(Cl)c2cc(C(=O)N[C@H](C)c3ccc(C(=O)O)cc3)n(C)c2c1. The minimum atomic E-state index is -0.976. The van der Waals surface area contributed by atoms with Gasteiger partial charge in [0.1, 0.15) is 5.69 Å². The summed E-state index contributed by atoms with van der Waals surface area (Å²) in [5.74, 6) is -1.19. The van der Waals surface area contributed by atoms with Gasteiger partial charge in [-0.2, -0.15) is 0 Å². The molecule has 1 heterocycles. The van der Waals surface area contributed by atoms with Gasteiger partial charge in [-0.3, -0.25) is 4.79 Å². The standard InChI is InChI=1S/C20H19ClN2O3/c1-11-8-16(21)15-10-18(23(3)17(15)9-11)19(24)22-12(2)13-4-6-14(7-5-13)20(25)26/h4-10,12H,1-3H3,(H,22,24)(H,25,26)/t12-/m1/s1. The highest BCUT2D eigenvalue weighted by Crippen LogP contribution is 2.28. The van der Waals surface area contributed by atoms with Gasteiger partial charge in [-0.15, -0.1) is 0 Å². The number of carboxylic acids is 1. The molecule has 0 aliphatic heterocycles. The molecule has 6 heteroatoms. The van der Waals surface area contributed by atoms with Crippen molar-refractivity contribution in [1.29, 1.82) is 0 Å². The van der Waals surface area contributed by atoms with Crippen molar-refractivity contribution in [2.24, 2.45) is 7.05 Å². The Morgan fingerprint density at radius 3 is 2.42 bits per heavy atom. The number of carbonyl (C=O) groups is 2. The number of rotatable bonds is 4. The van der Waals surface area contributed by atoms with E-state index in [1.807, 2.05) is 37.6 Å². The molecule has 1 atom stereocenters. The third kappa shape index (κ3) is 3.30. The van der Waals surface area contributed by atoms with Crippen LogP contribution in [0.1, 0.15) is 44.9 Å². The molecule has 2 aromatic carbocycles. The van der Waals surface area contributed by atoms with Crippen LogP contribution >= 0.6 is 11.6 Å². The van der Waals surface area contributed by atoms with E-state index in [-0.39, 0.29) is 17.5 Å². The monoisotopic (exact) mass is 370 g/mol. The van der Waals surface area contributed by atoms with Gasteiger partial charge in [0.2, 0.25) is 0 Å². The largest absolute Gasteiger partial charge is 0.478 e. The van der Waals surface area contributed by atoms with Crippen LogP contribution in [0.15, 0.2) is 42.5 Å². The summed E-state index contributed by atoms with van der Waals surface area (Å²) in [6.45, 7) is 3.81. The zero-order valence-electron chi connectivity index (χ0n) is 14.7. The van der Waals surface area contributed by atoms with Crippen LogP contribution in [0.5, 0.6) is 0 Å². The summed E-state index contributed by atoms with van der Waals surface area (Å²) in [7, 11) is 1.83. The van der Waals surface area contributed by atoms with E-state index in [1.165, 1.54) is 12.1 Å². The van der Waals surface area contributed by atoms with Gasteiger partial charge in [0, 0.05) is 12.4 Å². The molecule has 0 aliphatic carbocycles. The maximum absolute atomic E-state index is 12.7. The molecule has 26 heavy (non-hydrogen) atoms. The van der Waals surface area contributed by atoms with Gasteiger partial charge < -0.3 is 15.0 Å². The first-order valence-electron chi connectivity index (χ1n) is 8.17. The molecule has 5 nitrogen and oxygen atoms in total. The predicted octanol–water partition coefficient (Wildman–Crippen LogP) is 4.33. The summed E-state index contributed by atoms with van der Waals surface area (Å²) in [5, 5.41) is 13.4. The van der Waals surface area contributed by atoms with E-state index in [4.69, 9.17) is 16.7 Å². The van der Waals surface area contributed by atoms with Crippen LogP contribution in [-0.4, -0.2) is 21.6 Å². The summed E-state index contributed by atoms with van der Waals surface area (Å²) < 4.78 is 1.82. The Bertz CT molecular complexity index is 1010. The number of hydrogen-bond acceptors (Lipinski definition) is 2. The molecule has 3 rings (SSSR count). The zero-order valence-corrected chi connectivity index (χ0v) is 15.5. The van der Waals surface area contributed by atoms with Crippen LogP contribution in [0, 0.1) is 6.92 Å². The Kier molecular flexibility index (Phi) is 4.74. The number of benzene rings is 2. The first-order valence-corrected chi connectivity index (χ1v) is 8.55. The van der Waals surface area contributed by atoms with E-state index in [2.05, 4.69) is 5.32 Å². The van der Waals surface area contributed by atoms with Crippen molar-refractivity contribution in [3.8, 4) is 0 Å². The lowest BCUT2D eigenvalue weighted by molar-refractivity contribution is 0.0696. The summed E-state index contributed by atoms with van der Waals surface area (Å²) >= 11 is 6.30. The molecule has 0 saturated carbocycles. The molecule has 1 aromatic heterocycles. The van der Waals surface area contributed by atoms with Crippen molar-refractivity contribution < 1.29 is 14.7 Å². The fourth-order valence-corrected chi connectivity index (χ4v) is 3.33. The Labute approximate surface area is 156 Å². The number of halogens is 1. The fraction of sp³-hybridized carbons (Fsp3) is 0.200. The van der Waals surface area contributed by atoms with E-state index < -0.39 is 5.97 Å². The molecule has 134 valence electrons. The minimum absolute atomic E-state index is 0.214. The van der Waals surface area contributed by atoms with E-state index in [0.717, 1.165) is 22.0 Å². The van der Waals surface area contributed by atoms with Gasteiger partial charge in [-0.05, 0) is 55.3 Å². The van der Waals surface area contributed by atoms with E-state index >= 15 is 0 Å². The normalized spacial score (nSPS) is 12.2. The molecule has 0 radical (unpaired) electrons. The molecule has 0 bridgehead atoms. The number of fused-ring (bicyclic) bond motifs is 1. The van der Waals surface area contributed by atoms with Gasteiger partial charge >= 0.3 is 5.97 Å². The van der Waals surface area contributed by atoms with E-state index in [0.29, 0.717) is 10.7 Å². The van der Waals surface area contributed by atoms with Crippen LogP contribution in [-0.2, 0) is 7.05 Å². The molecular formula is C20H19ClN2O3. The van der Waals surface area contributed by atoms with E-state index in [9.17, 15) is 9.59 Å². The average Bonchev–Trinajstić information content (AvgIpc) is 2.92. The highest BCUT2D eigenvalue weighted by Gasteiger charge is 2.18. The number of amides is 1. The summed E-state index contributed by atoms with van der Waals surface area (Å²) in [6, 6.07) is 11.9. The lowest BCUT2D eigenvalue weighted by Gasteiger charge is -2.15. The number of carboxylic acid groups (broad SMARTS) is 1. The number of hydrogen-bond donors (Lipinski definition) is 2. The van der Waals surface area contributed by atoms with Gasteiger partial charge in [0.25, 0.3) is 5.91 Å². The summed E-state index contributed by atoms with van der Waals surface area (Å²) in [6.07, 6.45) is 0. The first kappa shape index (κ1) is 18.0. The number of carbonyl (C=O) groups excluding carboxylic acids is 1. The minimum Gasteiger partial charge on any atom is -0.478 e. The maximum Gasteiger partial charge on any atom is 0.335 e. The molecule has 1 amide bonds. The Morgan fingerprint density at radius 2 is 1.81 bits per heavy atom. The Morgan fingerprint density at radius 1 is 1.15 bits per heavy atom. The number of nitrogens with one attached hydrogen (secondary N) is 1. The van der Waals surface area contributed by atoms with Crippen LogP contribution < -0.4 is 5.32 Å². The van der Waals surface area contributed by atoms with Crippen molar-refractivity contribution in [3.63, 3.8) is 0 Å². The van der Waals surface area contributed by atoms with Crippen LogP contribution in [0.2, 0.25) is 5.02 Å². The van der Waals surface area contributed by atoms with Crippen molar-refractivity contribution >= 4 is 34.4 Å². The van der Waals surface area contributed by atoms with Gasteiger partial charge in [0.15, 0.2) is 0 Å². The molecular weight excluding hydrogens is 352 g/mol. The van der Waals surface area contributed by atoms with Gasteiger partial charge in [-0.25, -0.2) is 4.79 Å². The third-order valence-electron chi connectivity index (χ3n) is 4.49. The number of aromatic nitrogens is 1. The van der Waals surface area contributed by atoms with Crippen LogP contribution in [0.25, 0.3) is 10.9 Å². The molecule has 0 fully saturated rings. The second-order valence-electron chi connectivity index (χ2n) is 6.39. The second kappa shape index (κ2) is 6.84. The fourth-order valence-electron chi connectivity index (χ4n) is 3.00. The number of aromatic carboxylic acids is 1. The molecule has 0 saturated heterocycles. The third-order valence-corrected chi connectivity index (χ3v) is 4.81.